The van der Waals surface area contributed by atoms with Crippen molar-refractivity contribution in [1.82, 2.24) is 5.32 Å². The number of benzene rings is 1. The van der Waals surface area contributed by atoms with E-state index in [9.17, 15) is 30.0 Å². The largest absolute Gasteiger partial charge is 0.493 e. The SMILES string of the molecule is COc1c(O[C@H]2O[C@H](CO)[C@@H](O)[C@H](O)[C@H]2O)cc2c(c1OC)-c1ccc(OC)c(=O)cc1C(NC(C)=O)CC2. The van der Waals surface area contributed by atoms with Gasteiger partial charge in [0.05, 0.1) is 34.0 Å². The number of amides is 1. The van der Waals surface area contributed by atoms with Crippen LogP contribution in [0.1, 0.15) is 30.5 Å². The molecule has 0 radical (unpaired) electrons. The lowest BCUT2D eigenvalue weighted by molar-refractivity contribution is -0.277. The van der Waals surface area contributed by atoms with Crippen LogP contribution in [-0.4, -0.2) is 85.0 Å². The number of methoxy groups -OCH3 is 3. The minimum atomic E-state index is -1.64. The van der Waals surface area contributed by atoms with Crippen LogP contribution in [0.5, 0.6) is 23.0 Å². The summed E-state index contributed by atoms with van der Waals surface area (Å²) in [5.41, 5.74) is 2.15. The zero-order valence-electron chi connectivity index (χ0n) is 22.0. The molecule has 12 heteroatoms. The first kappa shape index (κ1) is 28.6. The maximum absolute atomic E-state index is 12.9. The van der Waals surface area contributed by atoms with Crippen molar-refractivity contribution in [2.45, 2.75) is 56.5 Å². The van der Waals surface area contributed by atoms with Crippen molar-refractivity contribution >= 4 is 5.91 Å². The molecule has 0 bridgehead atoms. The molecule has 1 amide bonds. The van der Waals surface area contributed by atoms with E-state index in [0.29, 0.717) is 29.5 Å². The van der Waals surface area contributed by atoms with Crippen molar-refractivity contribution < 1.29 is 48.9 Å². The number of aliphatic hydroxyl groups excluding tert-OH is 4. The number of fused-ring (bicyclic) bond motifs is 3. The first-order valence-corrected chi connectivity index (χ1v) is 12.4. The van der Waals surface area contributed by atoms with Crippen LogP contribution in [0.15, 0.2) is 29.1 Å². The summed E-state index contributed by atoms with van der Waals surface area (Å²) in [6.07, 6.45) is -6.56. The van der Waals surface area contributed by atoms with Crippen LogP contribution in [0.3, 0.4) is 0 Å². The van der Waals surface area contributed by atoms with Crippen molar-refractivity contribution in [3.8, 4) is 34.1 Å². The molecule has 1 saturated heterocycles. The molecule has 0 spiro atoms. The molecule has 5 N–H and O–H groups in total. The number of carbonyl (C=O) groups is 1. The van der Waals surface area contributed by atoms with Gasteiger partial charge in [0.25, 0.3) is 0 Å². The minimum Gasteiger partial charge on any atom is -0.493 e. The highest BCUT2D eigenvalue weighted by Gasteiger charge is 2.45. The monoisotopic (exact) mass is 547 g/mol. The number of rotatable bonds is 7. The van der Waals surface area contributed by atoms with E-state index >= 15 is 0 Å². The molecule has 39 heavy (non-hydrogen) atoms. The Kier molecular flexibility index (Phi) is 8.62. The van der Waals surface area contributed by atoms with Gasteiger partial charge in [0.1, 0.15) is 24.4 Å². The van der Waals surface area contributed by atoms with Crippen molar-refractivity contribution in [2.75, 3.05) is 27.9 Å². The third-order valence-corrected chi connectivity index (χ3v) is 6.97. The number of carbonyl (C=O) groups excluding carboxylic acids is 1. The molecule has 1 fully saturated rings. The van der Waals surface area contributed by atoms with Crippen molar-refractivity contribution in [3.05, 3.63) is 45.6 Å². The average molecular weight is 548 g/mol. The van der Waals surface area contributed by atoms with Crippen LogP contribution in [0, 0.1) is 0 Å². The predicted molar refractivity (Wildman–Crippen MR) is 137 cm³/mol. The van der Waals surface area contributed by atoms with Crippen LogP contribution in [-0.2, 0) is 16.0 Å². The van der Waals surface area contributed by atoms with Crippen LogP contribution in [0.4, 0.5) is 0 Å². The predicted octanol–water partition coefficient (Wildman–Crippen LogP) is 0.0417. The van der Waals surface area contributed by atoms with E-state index in [4.69, 9.17) is 23.7 Å². The van der Waals surface area contributed by atoms with Gasteiger partial charge in [0.15, 0.2) is 17.2 Å². The maximum Gasteiger partial charge on any atom is 0.229 e. The zero-order chi connectivity index (χ0) is 28.4. The van der Waals surface area contributed by atoms with Crippen molar-refractivity contribution in [2.24, 2.45) is 0 Å². The van der Waals surface area contributed by atoms with Crippen LogP contribution >= 0.6 is 0 Å². The van der Waals surface area contributed by atoms with Gasteiger partial charge in [-0.05, 0) is 47.7 Å². The molecule has 2 aliphatic rings. The first-order valence-electron chi connectivity index (χ1n) is 12.4. The Morgan fingerprint density at radius 1 is 1.00 bits per heavy atom. The number of hydrogen-bond acceptors (Lipinski definition) is 11. The Bertz CT molecular complexity index is 1280. The fraction of sp³-hybridized carbons (Fsp3) is 0.481. The maximum atomic E-state index is 12.9. The second kappa shape index (κ2) is 11.8. The van der Waals surface area contributed by atoms with Crippen LogP contribution in [0.25, 0.3) is 11.1 Å². The topological polar surface area (TPSA) is 173 Å². The van der Waals surface area contributed by atoms with E-state index in [0.717, 1.165) is 5.56 Å². The Balaban J connectivity index is 1.89. The third-order valence-electron chi connectivity index (χ3n) is 6.97. The summed E-state index contributed by atoms with van der Waals surface area (Å²) >= 11 is 0. The van der Waals surface area contributed by atoms with Crippen LogP contribution in [0.2, 0.25) is 0 Å². The molecule has 1 heterocycles. The molecule has 2 aromatic rings. The summed E-state index contributed by atoms with van der Waals surface area (Å²) in [5, 5.41) is 43.3. The molecule has 0 aromatic heterocycles. The number of hydrogen-bond donors (Lipinski definition) is 5. The van der Waals surface area contributed by atoms with E-state index in [1.54, 1.807) is 18.2 Å². The quantitative estimate of drug-likeness (QED) is 0.317. The number of aryl methyl sites for hydroxylation is 1. The normalized spacial score (nSPS) is 25.9. The Hall–Kier alpha value is -3.42. The highest BCUT2D eigenvalue weighted by molar-refractivity contribution is 5.83. The summed E-state index contributed by atoms with van der Waals surface area (Å²) in [4.78, 5) is 24.9. The number of ether oxygens (including phenoxy) is 5. The van der Waals surface area contributed by atoms with Gasteiger partial charge in [0, 0.05) is 12.5 Å². The fourth-order valence-corrected chi connectivity index (χ4v) is 5.09. The summed E-state index contributed by atoms with van der Waals surface area (Å²) in [5.74, 6) is 0.368. The van der Waals surface area contributed by atoms with E-state index < -0.39 is 43.4 Å². The number of aliphatic hydroxyl groups is 4. The smallest absolute Gasteiger partial charge is 0.229 e. The highest BCUT2D eigenvalue weighted by atomic mass is 16.7. The molecule has 212 valence electrons. The van der Waals surface area contributed by atoms with E-state index in [1.807, 2.05) is 0 Å². The lowest BCUT2D eigenvalue weighted by atomic mass is 9.95. The molecule has 12 nitrogen and oxygen atoms in total. The fourth-order valence-electron chi connectivity index (χ4n) is 5.09. The molecular weight excluding hydrogens is 514 g/mol. The molecule has 1 unspecified atom stereocenters. The first-order chi connectivity index (χ1) is 18.6. The molecule has 6 atom stereocenters. The summed E-state index contributed by atoms with van der Waals surface area (Å²) in [6, 6.07) is 5.87. The third kappa shape index (κ3) is 5.38. The van der Waals surface area contributed by atoms with Gasteiger partial charge < -0.3 is 49.4 Å². The molecular formula is C27H33NO11. The zero-order valence-corrected chi connectivity index (χ0v) is 22.0. The summed E-state index contributed by atoms with van der Waals surface area (Å²) in [6.45, 7) is 0.786. The highest BCUT2D eigenvalue weighted by Crippen LogP contribution is 2.50. The molecule has 2 aromatic carbocycles. The standard InChI is InChI=1S/C27H33NO11/c1-12(30)28-16-7-5-13-9-19(38-27-24(34)23(33)22(32)20(11-29)39-27)25(36-3)26(37-4)21(13)14-6-8-18(35-2)17(31)10-15(14)16/h6,8-10,16,20,22-24,27,29,32-34H,5,7,11H2,1-4H3,(H,28,30)/t16?,20-,22-,23+,24-,27+/m1/s1. The Labute approximate surface area is 224 Å². The van der Waals surface area contributed by atoms with Gasteiger partial charge in [-0.15, -0.1) is 0 Å². The number of nitrogens with one attached hydrogen (secondary N) is 1. The molecule has 0 saturated carbocycles. The molecule has 4 rings (SSSR count). The lowest BCUT2D eigenvalue weighted by Crippen LogP contribution is -2.60. The van der Waals surface area contributed by atoms with E-state index in [2.05, 4.69) is 5.32 Å². The Morgan fingerprint density at radius 2 is 1.72 bits per heavy atom. The van der Waals surface area contributed by atoms with Gasteiger partial charge in [-0.3, -0.25) is 9.59 Å². The van der Waals surface area contributed by atoms with Crippen LogP contribution < -0.4 is 29.7 Å². The molecule has 1 aliphatic carbocycles. The Morgan fingerprint density at radius 3 is 2.33 bits per heavy atom. The lowest BCUT2D eigenvalue weighted by Gasteiger charge is -2.39. The van der Waals surface area contributed by atoms with Gasteiger partial charge in [-0.25, -0.2) is 0 Å². The average Bonchev–Trinajstić information content (AvgIpc) is 3.16. The van der Waals surface area contributed by atoms with Gasteiger partial charge >= 0.3 is 0 Å². The second-order valence-electron chi connectivity index (χ2n) is 9.36. The van der Waals surface area contributed by atoms with Gasteiger partial charge in [-0.2, -0.15) is 0 Å². The minimum absolute atomic E-state index is 0.111. The van der Waals surface area contributed by atoms with Crippen molar-refractivity contribution in [3.63, 3.8) is 0 Å². The summed E-state index contributed by atoms with van der Waals surface area (Å²) < 4.78 is 28.1. The second-order valence-corrected chi connectivity index (χ2v) is 9.36. The van der Waals surface area contributed by atoms with E-state index in [1.165, 1.54) is 34.3 Å². The van der Waals surface area contributed by atoms with Gasteiger partial charge in [0.2, 0.25) is 23.4 Å². The van der Waals surface area contributed by atoms with E-state index in [-0.39, 0.29) is 34.3 Å². The molecule has 1 aliphatic heterocycles. The van der Waals surface area contributed by atoms with Crippen molar-refractivity contribution in [1.29, 1.82) is 0 Å². The summed E-state index contributed by atoms with van der Waals surface area (Å²) in [7, 11) is 4.23. The van der Waals surface area contributed by atoms with Gasteiger partial charge in [-0.1, -0.05) is 6.07 Å².